The Kier molecular flexibility index (Phi) is 4.93. The van der Waals surface area contributed by atoms with E-state index in [-0.39, 0.29) is 5.91 Å². The zero-order valence-electron chi connectivity index (χ0n) is 11.4. The van der Waals surface area contributed by atoms with Gasteiger partial charge in [-0.3, -0.25) is 4.79 Å². The van der Waals surface area contributed by atoms with Crippen LogP contribution in [0.2, 0.25) is 0 Å². The molecule has 1 heterocycles. The molecule has 1 fully saturated rings. The number of amides is 1. The van der Waals surface area contributed by atoms with Crippen LogP contribution in [0.15, 0.2) is 30.3 Å². The predicted molar refractivity (Wildman–Crippen MR) is 74.8 cm³/mol. The topological polar surface area (TPSA) is 55.6 Å². The van der Waals surface area contributed by atoms with Crippen LogP contribution in [0.1, 0.15) is 24.3 Å². The van der Waals surface area contributed by atoms with Crippen molar-refractivity contribution in [1.82, 2.24) is 4.90 Å². The van der Waals surface area contributed by atoms with Crippen molar-refractivity contribution in [1.29, 1.82) is 0 Å². The normalized spacial score (nSPS) is 20.5. The van der Waals surface area contributed by atoms with Crippen LogP contribution in [-0.4, -0.2) is 43.7 Å². The Hall–Kier alpha value is -1.39. The molecule has 0 aromatic heterocycles. The number of carbonyl (C=O) groups excluding carboxylic acids is 1. The Morgan fingerprint density at radius 3 is 2.89 bits per heavy atom. The Bertz CT molecular complexity index is 408. The summed E-state index contributed by atoms with van der Waals surface area (Å²) in [5.41, 5.74) is 7.20. The molecule has 19 heavy (non-hydrogen) atoms. The summed E-state index contributed by atoms with van der Waals surface area (Å²) in [6, 6.07) is 9.93. The number of nitrogens with zero attached hydrogens (tertiary/aromatic N) is 1. The van der Waals surface area contributed by atoms with Crippen molar-refractivity contribution in [3.05, 3.63) is 35.9 Å². The first kappa shape index (κ1) is 14.0. The maximum absolute atomic E-state index is 12.2. The molecule has 0 spiro atoms. The van der Waals surface area contributed by atoms with Gasteiger partial charge in [0.05, 0.1) is 6.04 Å². The number of nitrogens with two attached hydrogens (primary N) is 1. The quantitative estimate of drug-likeness (QED) is 0.872. The molecule has 1 aromatic carbocycles. The van der Waals surface area contributed by atoms with Crippen LogP contribution < -0.4 is 5.73 Å². The van der Waals surface area contributed by atoms with E-state index in [9.17, 15) is 4.79 Å². The number of methoxy groups -OCH3 is 1. The third-order valence-corrected chi connectivity index (χ3v) is 3.72. The Morgan fingerprint density at radius 2 is 2.21 bits per heavy atom. The first-order chi connectivity index (χ1) is 9.22. The maximum Gasteiger partial charge on any atom is 0.239 e. The summed E-state index contributed by atoms with van der Waals surface area (Å²) in [5, 5.41) is 0. The summed E-state index contributed by atoms with van der Waals surface area (Å²) >= 11 is 0. The fourth-order valence-electron chi connectivity index (χ4n) is 2.56. The average molecular weight is 262 g/mol. The average Bonchev–Trinajstić information content (AvgIpc) is 2.94. The smallest absolute Gasteiger partial charge is 0.239 e. The van der Waals surface area contributed by atoms with Crippen molar-refractivity contribution >= 4 is 5.91 Å². The van der Waals surface area contributed by atoms with E-state index in [4.69, 9.17) is 10.5 Å². The van der Waals surface area contributed by atoms with Crippen molar-refractivity contribution in [2.45, 2.75) is 24.8 Å². The van der Waals surface area contributed by atoms with E-state index in [0.717, 1.165) is 19.5 Å². The van der Waals surface area contributed by atoms with Gasteiger partial charge in [-0.25, -0.2) is 0 Å². The third-order valence-electron chi connectivity index (χ3n) is 3.72. The van der Waals surface area contributed by atoms with Crippen LogP contribution in [0.25, 0.3) is 0 Å². The lowest BCUT2D eigenvalue weighted by Crippen LogP contribution is -2.43. The first-order valence-corrected chi connectivity index (χ1v) is 6.80. The minimum Gasteiger partial charge on any atom is -0.385 e. The largest absolute Gasteiger partial charge is 0.385 e. The van der Waals surface area contributed by atoms with E-state index in [1.54, 1.807) is 7.11 Å². The van der Waals surface area contributed by atoms with Gasteiger partial charge >= 0.3 is 0 Å². The van der Waals surface area contributed by atoms with Gasteiger partial charge in [-0.1, -0.05) is 30.3 Å². The van der Waals surface area contributed by atoms with Gasteiger partial charge < -0.3 is 15.4 Å². The zero-order valence-corrected chi connectivity index (χ0v) is 11.4. The molecule has 1 aromatic rings. The van der Waals surface area contributed by atoms with Gasteiger partial charge in [-0.15, -0.1) is 0 Å². The highest BCUT2D eigenvalue weighted by Gasteiger charge is 2.29. The van der Waals surface area contributed by atoms with Crippen molar-refractivity contribution in [3.8, 4) is 0 Å². The zero-order chi connectivity index (χ0) is 13.7. The number of likely N-dealkylation sites (tertiary alicyclic amines) is 1. The molecular formula is C15H22N2O2. The molecule has 104 valence electrons. The van der Waals surface area contributed by atoms with Crippen LogP contribution in [-0.2, 0) is 9.53 Å². The van der Waals surface area contributed by atoms with Crippen LogP contribution >= 0.6 is 0 Å². The van der Waals surface area contributed by atoms with Crippen molar-refractivity contribution in [2.75, 3.05) is 26.8 Å². The SMILES string of the molecule is COCCC(N)C(=O)N1CCC(c2ccccc2)C1. The number of ether oxygens (including phenoxy) is 1. The lowest BCUT2D eigenvalue weighted by atomic mass is 9.99. The molecule has 2 N–H and O–H groups in total. The Balaban J connectivity index is 1.89. The van der Waals surface area contributed by atoms with Crippen molar-refractivity contribution in [2.24, 2.45) is 5.73 Å². The summed E-state index contributed by atoms with van der Waals surface area (Å²) in [4.78, 5) is 14.1. The summed E-state index contributed by atoms with van der Waals surface area (Å²) < 4.78 is 4.96. The predicted octanol–water partition coefficient (Wildman–Crippen LogP) is 1.37. The Labute approximate surface area is 114 Å². The molecule has 0 radical (unpaired) electrons. The van der Waals surface area contributed by atoms with Gasteiger partial charge in [0.25, 0.3) is 0 Å². The number of benzene rings is 1. The minimum absolute atomic E-state index is 0.0514. The number of hydrogen-bond donors (Lipinski definition) is 1. The molecule has 2 atom stereocenters. The lowest BCUT2D eigenvalue weighted by Gasteiger charge is -2.20. The molecule has 1 aliphatic rings. The minimum atomic E-state index is -0.436. The second-order valence-corrected chi connectivity index (χ2v) is 5.07. The van der Waals surface area contributed by atoms with Crippen LogP contribution in [0.3, 0.4) is 0 Å². The Morgan fingerprint density at radius 1 is 1.47 bits per heavy atom. The van der Waals surface area contributed by atoms with E-state index < -0.39 is 6.04 Å². The van der Waals surface area contributed by atoms with E-state index in [1.165, 1.54) is 5.56 Å². The van der Waals surface area contributed by atoms with Crippen molar-refractivity contribution in [3.63, 3.8) is 0 Å². The van der Waals surface area contributed by atoms with Crippen LogP contribution in [0.4, 0.5) is 0 Å². The summed E-state index contributed by atoms with van der Waals surface area (Å²) in [6.45, 7) is 2.12. The van der Waals surface area contributed by atoms with E-state index >= 15 is 0 Å². The molecule has 2 unspecified atom stereocenters. The highest BCUT2D eigenvalue weighted by atomic mass is 16.5. The molecule has 2 rings (SSSR count). The van der Waals surface area contributed by atoms with Gasteiger partial charge in [0, 0.05) is 32.7 Å². The fraction of sp³-hybridized carbons (Fsp3) is 0.533. The van der Waals surface area contributed by atoms with Crippen LogP contribution in [0.5, 0.6) is 0 Å². The summed E-state index contributed by atoms with van der Waals surface area (Å²) in [7, 11) is 1.62. The number of carbonyl (C=O) groups is 1. The van der Waals surface area contributed by atoms with Gasteiger partial charge in [0.15, 0.2) is 0 Å². The molecule has 0 aliphatic carbocycles. The summed E-state index contributed by atoms with van der Waals surface area (Å²) in [5.74, 6) is 0.496. The molecule has 1 saturated heterocycles. The van der Waals surface area contributed by atoms with E-state index in [1.807, 2.05) is 23.1 Å². The second-order valence-electron chi connectivity index (χ2n) is 5.07. The van der Waals surface area contributed by atoms with Gasteiger partial charge in [0.2, 0.25) is 5.91 Å². The third kappa shape index (κ3) is 3.55. The number of rotatable bonds is 5. The molecule has 0 bridgehead atoms. The van der Waals surface area contributed by atoms with Crippen molar-refractivity contribution < 1.29 is 9.53 Å². The molecule has 4 heteroatoms. The fourth-order valence-corrected chi connectivity index (χ4v) is 2.56. The van der Waals surface area contributed by atoms with Gasteiger partial charge in [-0.05, 0) is 18.4 Å². The number of hydrogen-bond acceptors (Lipinski definition) is 3. The monoisotopic (exact) mass is 262 g/mol. The standard InChI is InChI=1S/C15H22N2O2/c1-19-10-8-14(16)15(18)17-9-7-13(11-17)12-5-3-2-4-6-12/h2-6,13-14H,7-11,16H2,1H3. The van der Waals surface area contributed by atoms with Gasteiger partial charge in [-0.2, -0.15) is 0 Å². The van der Waals surface area contributed by atoms with E-state index in [2.05, 4.69) is 12.1 Å². The molecule has 0 saturated carbocycles. The highest BCUT2D eigenvalue weighted by molar-refractivity contribution is 5.82. The lowest BCUT2D eigenvalue weighted by molar-refractivity contribution is -0.131. The molecule has 1 amide bonds. The molecule has 1 aliphatic heterocycles. The van der Waals surface area contributed by atoms with Crippen LogP contribution in [0, 0.1) is 0 Å². The molecular weight excluding hydrogens is 240 g/mol. The molecule has 4 nitrogen and oxygen atoms in total. The van der Waals surface area contributed by atoms with Gasteiger partial charge in [0.1, 0.15) is 0 Å². The first-order valence-electron chi connectivity index (χ1n) is 6.80. The highest BCUT2D eigenvalue weighted by Crippen LogP contribution is 2.27. The summed E-state index contributed by atoms with van der Waals surface area (Å²) in [6.07, 6.45) is 1.61. The van der Waals surface area contributed by atoms with E-state index in [0.29, 0.717) is 18.9 Å². The second kappa shape index (κ2) is 6.68. The maximum atomic E-state index is 12.2.